The van der Waals surface area contributed by atoms with Gasteiger partial charge in [-0.3, -0.25) is 0 Å². The smallest absolute Gasteiger partial charge is 0.0302 e. The molecule has 1 N–H and O–H groups in total. The third kappa shape index (κ3) is 3.75. The van der Waals surface area contributed by atoms with E-state index in [-0.39, 0.29) is 0 Å². The van der Waals surface area contributed by atoms with Gasteiger partial charge in [-0.15, -0.1) is 11.3 Å². The van der Waals surface area contributed by atoms with Gasteiger partial charge in [0.25, 0.3) is 0 Å². The topological polar surface area (TPSA) is 12.0 Å². The molecule has 0 spiro atoms. The van der Waals surface area contributed by atoms with Crippen LogP contribution in [0.25, 0.3) is 0 Å². The molecule has 0 aliphatic rings. The number of hydrogen-bond acceptors (Lipinski definition) is 2. The summed E-state index contributed by atoms with van der Waals surface area (Å²) in [6.45, 7) is 9.97. The zero-order valence-electron chi connectivity index (χ0n) is 8.39. The molecule has 1 rings (SSSR count). The van der Waals surface area contributed by atoms with Gasteiger partial charge in [0.15, 0.2) is 0 Å². The molecule has 2 heteroatoms. The van der Waals surface area contributed by atoms with Gasteiger partial charge in [0, 0.05) is 22.8 Å². The number of hydrogen-bond donors (Lipinski definition) is 1. The van der Waals surface area contributed by atoms with Crippen molar-refractivity contribution in [2.75, 3.05) is 6.54 Å². The van der Waals surface area contributed by atoms with E-state index in [9.17, 15) is 0 Å². The Morgan fingerprint density at radius 3 is 2.69 bits per heavy atom. The molecule has 0 radical (unpaired) electrons. The van der Waals surface area contributed by atoms with Crippen LogP contribution < -0.4 is 5.32 Å². The summed E-state index contributed by atoms with van der Waals surface area (Å²) in [5.74, 6) is 0. The summed E-state index contributed by atoms with van der Waals surface area (Å²) >= 11 is 1.89. The van der Waals surface area contributed by atoms with Gasteiger partial charge in [-0.1, -0.05) is 19.1 Å². The molecule has 0 saturated carbocycles. The van der Waals surface area contributed by atoms with Crippen molar-refractivity contribution in [3.8, 4) is 0 Å². The van der Waals surface area contributed by atoms with Gasteiger partial charge in [0.05, 0.1) is 0 Å². The molecule has 1 aromatic heterocycles. The lowest BCUT2D eigenvalue weighted by molar-refractivity contribution is 0.750. The van der Waals surface area contributed by atoms with Crippen molar-refractivity contribution in [2.45, 2.75) is 26.8 Å². The summed E-state index contributed by atoms with van der Waals surface area (Å²) in [4.78, 5) is 2.88. The maximum absolute atomic E-state index is 3.85. The highest BCUT2D eigenvalue weighted by Crippen LogP contribution is 2.16. The minimum atomic E-state index is 0.916. The van der Waals surface area contributed by atoms with Crippen molar-refractivity contribution in [2.24, 2.45) is 0 Å². The van der Waals surface area contributed by atoms with Crippen molar-refractivity contribution in [3.05, 3.63) is 34.0 Å². The van der Waals surface area contributed by atoms with Crippen LogP contribution in [0.3, 0.4) is 0 Å². The minimum Gasteiger partial charge on any atom is -0.308 e. The largest absolute Gasteiger partial charge is 0.308 e. The maximum Gasteiger partial charge on any atom is 0.0302 e. The zero-order valence-corrected chi connectivity index (χ0v) is 9.21. The van der Waals surface area contributed by atoms with Crippen LogP contribution in [-0.2, 0) is 13.0 Å². The Balaban J connectivity index is 2.32. The molecule has 0 unspecified atom stereocenters. The fourth-order valence-corrected chi connectivity index (χ4v) is 2.03. The van der Waals surface area contributed by atoms with E-state index in [1.54, 1.807) is 0 Å². The van der Waals surface area contributed by atoms with Gasteiger partial charge in [-0.2, -0.15) is 0 Å². The van der Waals surface area contributed by atoms with Crippen molar-refractivity contribution < 1.29 is 0 Å². The lowest BCUT2D eigenvalue weighted by Crippen LogP contribution is -2.14. The van der Waals surface area contributed by atoms with Crippen molar-refractivity contribution in [1.82, 2.24) is 5.32 Å². The van der Waals surface area contributed by atoms with E-state index in [1.165, 1.54) is 15.3 Å². The summed E-state index contributed by atoms with van der Waals surface area (Å²) in [5, 5.41) is 3.35. The molecular formula is C11H17NS. The van der Waals surface area contributed by atoms with E-state index in [4.69, 9.17) is 0 Å². The molecule has 0 bridgehead atoms. The van der Waals surface area contributed by atoms with Crippen LogP contribution in [0.5, 0.6) is 0 Å². The number of nitrogens with one attached hydrogen (secondary N) is 1. The molecule has 0 atom stereocenters. The second-order valence-electron chi connectivity index (χ2n) is 3.28. The van der Waals surface area contributed by atoms with Crippen LogP contribution in [-0.4, -0.2) is 6.54 Å². The Kier molecular flexibility index (Phi) is 4.19. The summed E-state index contributed by atoms with van der Waals surface area (Å²) in [6.07, 6.45) is 1.14. The summed E-state index contributed by atoms with van der Waals surface area (Å²) < 4.78 is 0. The second kappa shape index (κ2) is 5.20. The van der Waals surface area contributed by atoms with Crippen molar-refractivity contribution >= 4 is 11.3 Å². The summed E-state index contributed by atoms with van der Waals surface area (Å²) in [5.41, 5.74) is 1.19. The van der Waals surface area contributed by atoms with Crippen LogP contribution in [0.1, 0.15) is 23.6 Å². The van der Waals surface area contributed by atoms with Crippen LogP contribution in [0, 0.1) is 0 Å². The average molecular weight is 195 g/mol. The number of aryl methyl sites for hydroxylation is 1. The summed E-state index contributed by atoms with van der Waals surface area (Å²) in [6, 6.07) is 4.41. The van der Waals surface area contributed by atoms with E-state index >= 15 is 0 Å². The molecular weight excluding hydrogens is 178 g/mol. The van der Waals surface area contributed by atoms with Gasteiger partial charge in [0.2, 0.25) is 0 Å². The number of rotatable bonds is 5. The fraction of sp³-hybridized carbons (Fsp3) is 0.455. The van der Waals surface area contributed by atoms with E-state index < -0.39 is 0 Å². The molecule has 1 heterocycles. The molecule has 0 aliphatic heterocycles. The first-order valence-electron chi connectivity index (χ1n) is 4.65. The fourth-order valence-electron chi connectivity index (χ4n) is 1.11. The Morgan fingerprint density at radius 2 is 2.15 bits per heavy atom. The van der Waals surface area contributed by atoms with E-state index in [0.717, 1.165) is 19.5 Å². The monoisotopic (exact) mass is 195 g/mol. The first-order chi connectivity index (χ1) is 6.22. The Bertz CT molecular complexity index is 275. The average Bonchev–Trinajstić information content (AvgIpc) is 2.52. The highest BCUT2D eigenvalue weighted by Gasteiger charge is 1.97. The maximum atomic E-state index is 3.85. The molecule has 1 nitrogen and oxygen atoms in total. The van der Waals surface area contributed by atoms with Gasteiger partial charge in [-0.25, -0.2) is 0 Å². The SMILES string of the molecule is C=C(C)CNCc1ccc(CC)s1. The number of thiophene rings is 1. The Morgan fingerprint density at radius 1 is 1.46 bits per heavy atom. The minimum absolute atomic E-state index is 0.916. The molecule has 1 aromatic rings. The van der Waals surface area contributed by atoms with E-state index in [2.05, 4.69) is 31.0 Å². The van der Waals surface area contributed by atoms with Gasteiger partial charge >= 0.3 is 0 Å². The third-order valence-corrected chi connectivity index (χ3v) is 3.02. The van der Waals surface area contributed by atoms with Crippen LogP contribution in [0.15, 0.2) is 24.3 Å². The zero-order chi connectivity index (χ0) is 9.68. The van der Waals surface area contributed by atoms with Crippen LogP contribution in [0.4, 0.5) is 0 Å². The van der Waals surface area contributed by atoms with Crippen molar-refractivity contribution in [1.29, 1.82) is 0 Å². The molecule has 72 valence electrons. The Labute approximate surface area is 84.5 Å². The lowest BCUT2D eigenvalue weighted by atomic mass is 10.3. The van der Waals surface area contributed by atoms with Gasteiger partial charge < -0.3 is 5.32 Å². The van der Waals surface area contributed by atoms with Crippen LogP contribution in [0.2, 0.25) is 0 Å². The molecule has 0 fully saturated rings. The first-order valence-corrected chi connectivity index (χ1v) is 5.46. The predicted octanol–water partition coefficient (Wildman–Crippen LogP) is 2.98. The first kappa shape index (κ1) is 10.5. The quantitative estimate of drug-likeness (QED) is 0.712. The van der Waals surface area contributed by atoms with Gasteiger partial charge in [0.1, 0.15) is 0 Å². The molecule has 0 aliphatic carbocycles. The third-order valence-electron chi connectivity index (χ3n) is 1.79. The Hall–Kier alpha value is -0.600. The van der Waals surface area contributed by atoms with E-state index in [0.29, 0.717) is 0 Å². The van der Waals surface area contributed by atoms with E-state index in [1.807, 2.05) is 18.3 Å². The molecule has 0 amide bonds. The van der Waals surface area contributed by atoms with Gasteiger partial charge in [-0.05, 0) is 25.5 Å². The predicted molar refractivity (Wildman–Crippen MR) is 60.2 cm³/mol. The molecule has 0 aromatic carbocycles. The lowest BCUT2D eigenvalue weighted by Gasteiger charge is -2.00. The van der Waals surface area contributed by atoms with Crippen LogP contribution >= 0.6 is 11.3 Å². The second-order valence-corrected chi connectivity index (χ2v) is 4.54. The highest BCUT2D eigenvalue weighted by molar-refractivity contribution is 7.11. The normalized spacial score (nSPS) is 10.3. The molecule has 0 saturated heterocycles. The highest BCUT2D eigenvalue weighted by atomic mass is 32.1. The van der Waals surface area contributed by atoms with Crippen molar-refractivity contribution in [3.63, 3.8) is 0 Å². The standard InChI is InChI=1S/C11H17NS/c1-4-10-5-6-11(13-10)8-12-7-9(2)3/h5-6,12H,2,4,7-8H2,1,3H3. The summed E-state index contributed by atoms with van der Waals surface area (Å²) in [7, 11) is 0. The molecule has 13 heavy (non-hydrogen) atoms.